The standard InChI is InChI=1S/C21H20FN5OS/c1-4-18-23-20(28-26-18)14(3)29-21-25-24-19(16-7-5-6-8-17(16)22)27(21)15-11-9-13(2)10-12-15/h5-12,14H,4H2,1-3H3. The third-order valence-electron chi connectivity index (χ3n) is 4.47. The van der Waals surface area contributed by atoms with E-state index >= 15 is 0 Å². The molecule has 2 aromatic carbocycles. The highest BCUT2D eigenvalue weighted by Crippen LogP contribution is 2.36. The van der Waals surface area contributed by atoms with Gasteiger partial charge in [-0.2, -0.15) is 4.98 Å². The highest BCUT2D eigenvalue weighted by molar-refractivity contribution is 7.99. The van der Waals surface area contributed by atoms with Gasteiger partial charge in [0.2, 0.25) is 5.89 Å². The average molecular weight is 409 g/mol. The summed E-state index contributed by atoms with van der Waals surface area (Å²) < 4.78 is 21.7. The summed E-state index contributed by atoms with van der Waals surface area (Å²) in [5.74, 6) is 1.29. The lowest BCUT2D eigenvalue weighted by atomic mass is 10.2. The molecule has 4 aromatic rings. The second-order valence-corrected chi connectivity index (χ2v) is 7.93. The van der Waals surface area contributed by atoms with Crippen LogP contribution in [0.2, 0.25) is 0 Å². The quantitative estimate of drug-likeness (QED) is 0.409. The second kappa shape index (κ2) is 8.16. The lowest BCUT2D eigenvalue weighted by Gasteiger charge is -2.12. The summed E-state index contributed by atoms with van der Waals surface area (Å²) in [4.78, 5) is 4.40. The van der Waals surface area contributed by atoms with E-state index < -0.39 is 0 Å². The van der Waals surface area contributed by atoms with Crippen LogP contribution in [0.1, 0.15) is 36.4 Å². The van der Waals surface area contributed by atoms with Gasteiger partial charge in [0.1, 0.15) is 5.82 Å². The minimum atomic E-state index is -0.345. The number of thioether (sulfide) groups is 1. The van der Waals surface area contributed by atoms with Crippen LogP contribution in [0.4, 0.5) is 4.39 Å². The fraction of sp³-hybridized carbons (Fsp3) is 0.238. The van der Waals surface area contributed by atoms with E-state index in [0.29, 0.717) is 34.7 Å². The molecule has 1 unspecified atom stereocenters. The summed E-state index contributed by atoms with van der Waals surface area (Å²) in [6, 6.07) is 14.5. The van der Waals surface area contributed by atoms with Crippen molar-refractivity contribution in [2.24, 2.45) is 0 Å². The molecule has 4 rings (SSSR count). The number of halogens is 1. The molecule has 2 heterocycles. The molecule has 0 amide bonds. The molecule has 2 aromatic heterocycles. The molecule has 1 atom stereocenters. The molecule has 0 radical (unpaired) electrons. The molecule has 0 bridgehead atoms. The van der Waals surface area contributed by atoms with Crippen molar-refractivity contribution in [2.45, 2.75) is 37.6 Å². The summed E-state index contributed by atoms with van der Waals surface area (Å²) in [6.45, 7) is 5.96. The maximum absolute atomic E-state index is 14.5. The first-order valence-electron chi connectivity index (χ1n) is 9.33. The van der Waals surface area contributed by atoms with Crippen LogP contribution in [0.25, 0.3) is 17.1 Å². The molecule has 29 heavy (non-hydrogen) atoms. The first-order chi connectivity index (χ1) is 14.1. The van der Waals surface area contributed by atoms with E-state index in [-0.39, 0.29) is 11.1 Å². The van der Waals surface area contributed by atoms with Crippen molar-refractivity contribution in [2.75, 3.05) is 0 Å². The largest absolute Gasteiger partial charge is 0.338 e. The summed E-state index contributed by atoms with van der Waals surface area (Å²) in [5, 5.41) is 13.1. The van der Waals surface area contributed by atoms with Crippen molar-refractivity contribution in [1.82, 2.24) is 24.9 Å². The lowest BCUT2D eigenvalue weighted by molar-refractivity contribution is 0.375. The van der Waals surface area contributed by atoms with Crippen LogP contribution in [0, 0.1) is 12.7 Å². The molecular weight excluding hydrogens is 389 g/mol. The van der Waals surface area contributed by atoms with Gasteiger partial charge in [0, 0.05) is 12.1 Å². The van der Waals surface area contributed by atoms with Gasteiger partial charge in [-0.1, -0.05) is 53.7 Å². The van der Waals surface area contributed by atoms with E-state index in [1.807, 2.05) is 49.6 Å². The molecule has 0 saturated carbocycles. The summed E-state index contributed by atoms with van der Waals surface area (Å²) >= 11 is 1.44. The number of hydrogen-bond acceptors (Lipinski definition) is 6. The maximum atomic E-state index is 14.5. The molecule has 0 N–H and O–H groups in total. The zero-order valence-corrected chi connectivity index (χ0v) is 17.2. The molecule has 0 spiro atoms. The van der Waals surface area contributed by atoms with Crippen LogP contribution >= 0.6 is 11.8 Å². The first-order valence-corrected chi connectivity index (χ1v) is 10.2. The molecule has 0 saturated heterocycles. The minimum absolute atomic E-state index is 0.135. The molecule has 0 aliphatic heterocycles. The third kappa shape index (κ3) is 3.93. The predicted octanol–water partition coefficient (Wildman–Crippen LogP) is 5.18. The van der Waals surface area contributed by atoms with Crippen LogP contribution in [-0.4, -0.2) is 24.9 Å². The fourth-order valence-electron chi connectivity index (χ4n) is 2.87. The number of benzene rings is 2. The van der Waals surface area contributed by atoms with Crippen LogP contribution in [0.15, 0.2) is 58.2 Å². The number of aromatic nitrogens is 5. The fourth-order valence-corrected chi connectivity index (χ4v) is 3.77. The van der Waals surface area contributed by atoms with E-state index in [9.17, 15) is 4.39 Å². The smallest absolute Gasteiger partial charge is 0.239 e. The lowest BCUT2D eigenvalue weighted by Crippen LogP contribution is -2.02. The van der Waals surface area contributed by atoms with Crippen LogP contribution < -0.4 is 0 Å². The monoisotopic (exact) mass is 409 g/mol. The Balaban J connectivity index is 1.77. The molecule has 0 fully saturated rings. The Kier molecular flexibility index (Phi) is 5.44. The van der Waals surface area contributed by atoms with Gasteiger partial charge in [-0.3, -0.25) is 4.57 Å². The predicted molar refractivity (Wildman–Crippen MR) is 109 cm³/mol. The van der Waals surface area contributed by atoms with Gasteiger partial charge in [0.15, 0.2) is 16.8 Å². The van der Waals surface area contributed by atoms with Crippen molar-refractivity contribution >= 4 is 11.8 Å². The minimum Gasteiger partial charge on any atom is -0.338 e. The second-order valence-electron chi connectivity index (χ2n) is 6.62. The zero-order valence-electron chi connectivity index (χ0n) is 16.3. The van der Waals surface area contributed by atoms with Gasteiger partial charge in [-0.05, 0) is 38.1 Å². The number of hydrogen-bond donors (Lipinski definition) is 0. The Bertz CT molecular complexity index is 1120. The molecular formula is C21H20FN5OS. The van der Waals surface area contributed by atoms with E-state index in [1.165, 1.54) is 17.8 Å². The highest BCUT2D eigenvalue weighted by atomic mass is 32.2. The van der Waals surface area contributed by atoms with Gasteiger partial charge < -0.3 is 4.52 Å². The Morgan fingerprint density at radius 1 is 1.10 bits per heavy atom. The Labute approximate surface area is 172 Å². The van der Waals surface area contributed by atoms with Crippen molar-refractivity contribution in [3.8, 4) is 17.1 Å². The molecule has 148 valence electrons. The summed E-state index contributed by atoms with van der Waals surface area (Å²) in [6.07, 6.45) is 0.706. The first kappa shape index (κ1) is 19.3. The molecule has 8 heteroatoms. The third-order valence-corrected chi connectivity index (χ3v) is 5.50. The van der Waals surface area contributed by atoms with Crippen LogP contribution in [0.3, 0.4) is 0 Å². The van der Waals surface area contributed by atoms with Gasteiger partial charge in [-0.15, -0.1) is 10.2 Å². The Morgan fingerprint density at radius 2 is 1.86 bits per heavy atom. The normalized spacial score (nSPS) is 12.3. The zero-order chi connectivity index (χ0) is 20.4. The van der Waals surface area contributed by atoms with Crippen molar-refractivity contribution < 1.29 is 8.91 Å². The maximum Gasteiger partial charge on any atom is 0.239 e. The number of nitrogens with zero attached hydrogens (tertiary/aromatic N) is 5. The molecule has 6 nitrogen and oxygen atoms in total. The molecule has 0 aliphatic carbocycles. The van der Waals surface area contributed by atoms with Crippen molar-refractivity contribution in [1.29, 1.82) is 0 Å². The van der Waals surface area contributed by atoms with Gasteiger partial charge in [0.25, 0.3) is 0 Å². The van der Waals surface area contributed by atoms with Crippen LogP contribution in [0.5, 0.6) is 0 Å². The highest BCUT2D eigenvalue weighted by Gasteiger charge is 2.23. The van der Waals surface area contributed by atoms with E-state index in [4.69, 9.17) is 4.52 Å². The topological polar surface area (TPSA) is 69.6 Å². The van der Waals surface area contributed by atoms with E-state index in [2.05, 4.69) is 20.3 Å². The van der Waals surface area contributed by atoms with E-state index in [1.54, 1.807) is 18.2 Å². The van der Waals surface area contributed by atoms with E-state index in [0.717, 1.165) is 11.3 Å². The van der Waals surface area contributed by atoms with Crippen molar-refractivity contribution in [3.05, 3.63) is 71.6 Å². The SMILES string of the molecule is CCc1noc(C(C)Sc2nnc(-c3ccccc3F)n2-c2ccc(C)cc2)n1. The summed E-state index contributed by atoms with van der Waals surface area (Å²) in [5.41, 5.74) is 2.38. The van der Waals surface area contributed by atoms with Crippen molar-refractivity contribution in [3.63, 3.8) is 0 Å². The number of rotatable bonds is 6. The number of aryl methyl sites for hydroxylation is 2. The van der Waals surface area contributed by atoms with Gasteiger partial charge in [0.05, 0.1) is 10.8 Å². The van der Waals surface area contributed by atoms with Gasteiger partial charge in [-0.25, -0.2) is 4.39 Å². The van der Waals surface area contributed by atoms with Crippen LogP contribution in [-0.2, 0) is 6.42 Å². The summed E-state index contributed by atoms with van der Waals surface area (Å²) in [7, 11) is 0. The Hall–Kier alpha value is -3.00. The average Bonchev–Trinajstić information content (AvgIpc) is 3.36. The Morgan fingerprint density at radius 3 is 2.55 bits per heavy atom. The molecule has 0 aliphatic rings. The van der Waals surface area contributed by atoms with Gasteiger partial charge >= 0.3 is 0 Å².